The van der Waals surface area contributed by atoms with Crippen LogP contribution in [0.2, 0.25) is 0 Å². The van der Waals surface area contributed by atoms with E-state index in [-0.39, 0.29) is 5.91 Å². The number of carbonyl (C=O) groups excluding carboxylic acids is 1. The van der Waals surface area contributed by atoms with Crippen molar-refractivity contribution in [1.82, 2.24) is 15.3 Å². The predicted molar refractivity (Wildman–Crippen MR) is 77.3 cm³/mol. The van der Waals surface area contributed by atoms with Crippen LogP contribution in [0.5, 0.6) is 0 Å². The Kier molecular flexibility index (Phi) is 3.73. The number of carbonyl (C=O) groups is 1. The minimum atomic E-state index is -0.242. The molecule has 3 aromatic rings. The van der Waals surface area contributed by atoms with E-state index in [0.717, 1.165) is 17.0 Å². The fourth-order valence-corrected chi connectivity index (χ4v) is 1.87. The Hall–Kier alpha value is -2.95. The lowest BCUT2D eigenvalue weighted by molar-refractivity contribution is 0.0923. The van der Waals surface area contributed by atoms with Gasteiger partial charge in [-0.2, -0.15) is 0 Å². The van der Waals surface area contributed by atoms with Crippen LogP contribution in [-0.2, 0) is 6.54 Å². The van der Waals surface area contributed by atoms with Crippen molar-refractivity contribution in [2.45, 2.75) is 6.54 Å². The topological polar surface area (TPSA) is 68.0 Å². The van der Waals surface area contributed by atoms with E-state index in [9.17, 15) is 4.79 Å². The molecule has 3 aromatic heterocycles. The van der Waals surface area contributed by atoms with E-state index < -0.39 is 0 Å². The Labute approximate surface area is 121 Å². The molecule has 0 aliphatic heterocycles. The van der Waals surface area contributed by atoms with Gasteiger partial charge in [-0.1, -0.05) is 12.1 Å². The summed E-state index contributed by atoms with van der Waals surface area (Å²) in [4.78, 5) is 20.3. The molecule has 0 aromatic carbocycles. The largest absolute Gasteiger partial charge is 0.459 e. The van der Waals surface area contributed by atoms with E-state index in [1.807, 2.05) is 30.3 Å². The molecule has 0 aliphatic rings. The van der Waals surface area contributed by atoms with Crippen molar-refractivity contribution in [1.29, 1.82) is 0 Å². The van der Waals surface area contributed by atoms with Crippen LogP contribution in [0.15, 0.2) is 65.5 Å². The molecule has 0 radical (unpaired) electrons. The monoisotopic (exact) mass is 279 g/mol. The quantitative estimate of drug-likeness (QED) is 0.797. The van der Waals surface area contributed by atoms with E-state index >= 15 is 0 Å². The lowest BCUT2D eigenvalue weighted by Gasteiger charge is -2.04. The summed E-state index contributed by atoms with van der Waals surface area (Å²) in [5.74, 6) is 0.0573. The average molecular weight is 279 g/mol. The van der Waals surface area contributed by atoms with E-state index in [1.54, 1.807) is 24.5 Å². The molecule has 3 rings (SSSR count). The molecule has 104 valence electrons. The predicted octanol–water partition coefficient (Wildman–Crippen LogP) is 2.67. The number of furan rings is 1. The lowest BCUT2D eigenvalue weighted by atomic mass is 10.2. The molecule has 3 heterocycles. The second-order valence-corrected chi connectivity index (χ2v) is 4.43. The number of amides is 1. The maximum Gasteiger partial charge on any atom is 0.287 e. The first kappa shape index (κ1) is 13.1. The van der Waals surface area contributed by atoms with E-state index in [2.05, 4.69) is 15.3 Å². The number of nitrogens with one attached hydrogen (secondary N) is 1. The Morgan fingerprint density at radius 3 is 2.62 bits per heavy atom. The van der Waals surface area contributed by atoms with Crippen molar-refractivity contribution in [3.05, 3.63) is 72.4 Å². The average Bonchev–Trinajstić information content (AvgIpc) is 3.08. The molecule has 1 N–H and O–H groups in total. The highest BCUT2D eigenvalue weighted by Crippen LogP contribution is 2.13. The molecular formula is C16H13N3O2. The number of pyridine rings is 2. The summed E-state index contributed by atoms with van der Waals surface area (Å²) in [6, 6.07) is 12.8. The van der Waals surface area contributed by atoms with Gasteiger partial charge in [0, 0.05) is 18.9 Å². The Morgan fingerprint density at radius 1 is 1.05 bits per heavy atom. The molecule has 0 fully saturated rings. The van der Waals surface area contributed by atoms with Crippen molar-refractivity contribution < 1.29 is 9.21 Å². The molecule has 5 heteroatoms. The van der Waals surface area contributed by atoms with Crippen molar-refractivity contribution >= 4 is 5.91 Å². The molecule has 0 aliphatic carbocycles. The maximum atomic E-state index is 11.7. The van der Waals surface area contributed by atoms with Crippen LogP contribution >= 0.6 is 0 Å². The number of rotatable bonds is 4. The summed E-state index contributed by atoms with van der Waals surface area (Å²) in [5, 5.41) is 2.77. The van der Waals surface area contributed by atoms with Crippen molar-refractivity contribution in [3.63, 3.8) is 0 Å². The zero-order valence-electron chi connectivity index (χ0n) is 11.2. The molecule has 0 unspecified atom stereocenters. The molecule has 0 saturated carbocycles. The second kappa shape index (κ2) is 6.00. The van der Waals surface area contributed by atoms with Crippen LogP contribution < -0.4 is 5.32 Å². The summed E-state index contributed by atoms with van der Waals surface area (Å²) >= 11 is 0. The zero-order valence-corrected chi connectivity index (χ0v) is 11.2. The fraction of sp³-hybridized carbons (Fsp3) is 0.0625. The Morgan fingerprint density at radius 2 is 1.95 bits per heavy atom. The van der Waals surface area contributed by atoms with Gasteiger partial charge in [0.1, 0.15) is 0 Å². The van der Waals surface area contributed by atoms with Gasteiger partial charge in [0.25, 0.3) is 5.91 Å². The molecule has 21 heavy (non-hydrogen) atoms. The third kappa shape index (κ3) is 3.14. The summed E-state index contributed by atoms with van der Waals surface area (Å²) < 4.78 is 5.02. The van der Waals surface area contributed by atoms with Crippen LogP contribution in [0.1, 0.15) is 16.1 Å². The third-order valence-electron chi connectivity index (χ3n) is 2.95. The van der Waals surface area contributed by atoms with Crippen molar-refractivity contribution in [2.75, 3.05) is 0 Å². The number of nitrogens with zero attached hydrogens (tertiary/aromatic N) is 2. The highest BCUT2D eigenvalue weighted by molar-refractivity contribution is 5.91. The Balaban J connectivity index is 1.64. The van der Waals surface area contributed by atoms with Gasteiger partial charge in [-0.15, -0.1) is 0 Å². The van der Waals surface area contributed by atoms with Crippen molar-refractivity contribution in [3.8, 4) is 11.4 Å². The minimum absolute atomic E-state index is 0.242. The molecule has 1 amide bonds. The number of aromatic nitrogens is 2. The molecule has 0 atom stereocenters. The van der Waals surface area contributed by atoms with Gasteiger partial charge in [0.2, 0.25) is 0 Å². The number of hydrogen-bond acceptors (Lipinski definition) is 4. The summed E-state index contributed by atoms with van der Waals surface area (Å²) in [6.07, 6.45) is 4.93. The van der Waals surface area contributed by atoms with Gasteiger partial charge in [0.15, 0.2) is 5.76 Å². The normalized spacial score (nSPS) is 10.3. The molecular weight excluding hydrogens is 266 g/mol. The van der Waals surface area contributed by atoms with Gasteiger partial charge in [0.05, 0.1) is 17.7 Å². The van der Waals surface area contributed by atoms with Crippen LogP contribution in [0.25, 0.3) is 11.4 Å². The van der Waals surface area contributed by atoms with E-state index in [1.165, 1.54) is 6.26 Å². The smallest absolute Gasteiger partial charge is 0.287 e. The maximum absolute atomic E-state index is 11.7. The molecule has 5 nitrogen and oxygen atoms in total. The zero-order chi connectivity index (χ0) is 14.5. The van der Waals surface area contributed by atoms with E-state index in [0.29, 0.717) is 12.3 Å². The summed E-state index contributed by atoms with van der Waals surface area (Å²) in [7, 11) is 0. The van der Waals surface area contributed by atoms with Crippen LogP contribution in [0.4, 0.5) is 0 Å². The summed E-state index contributed by atoms with van der Waals surface area (Å²) in [5.41, 5.74) is 2.54. The Bertz CT molecular complexity index is 707. The van der Waals surface area contributed by atoms with Gasteiger partial charge in [-0.25, -0.2) is 0 Å². The third-order valence-corrected chi connectivity index (χ3v) is 2.95. The minimum Gasteiger partial charge on any atom is -0.459 e. The first-order valence-corrected chi connectivity index (χ1v) is 6.51. The first-order chi connectivity index (χ1) is 10.3. The second-order valence-electron chi connectivity index (χ2n) is 4.43. The highest BCUT2D eigenvalue weighted by Gasteiger charge is 2.07. The highest BCUT2D eigenvalue weighted by atomic mass is 16.3. The van der Waals surface area contributed by atoms with E-state index in [4.69, 9.17) is 4.42 Å². The number of hydrogen-bond donors (Lipinski definition) is 1. The van der Waals surface area contributed by atoms with Crippen LogP contribution in [0, 0.1) is 0 Å². The fourth-order valence-electron chi connectivity index (χ4n) is 1.87. The van der Waals surface area contributed by atoms with Crippen molar-refractivity contribution in [2.24, 2.45) is 0 Å². The van der Waals surface area contributed by atoms with Gasteiger partial charge >= 0.3 is 0 Å². The van der Waals surface area contributed by atoms with Crippen LogP contribution in [0.3, 0.4) is 0 Å². The molecule has 0 saturated heterocycles. The SMILES string of the molecule is O=C(NCc1ccc(-c2ccccn2)nc1)c1ccco1. The van der Waals surface area contributed by atoms with Gasteiger partial charge in [-0.3, -0.25) is 14.8 Å². The van der Waals surface area contributed by atoms with Gasteiger partial charge in [-0.05, 0) is 35.9 Å². The summed E-state index contributed by atoms with van der Waals surface area (Å²) in [6.45, 7) is 0.398. The lowest BCUT2D eigenvalue weighted by Crippen LogP contribution is -2.22. The molecule has 0 spiro atoms. The molecule has 0 bridgehead atoms. The van der Waals surface area contributed by atoms with Gasteiger partial charge < -0.3 is 9.73 Å². The standard InChI is InChI=1S/C16H13N3O2/c20-16(15-5-3-9-21-15)19-11-12-6-7-14(18-10-12)13-4-1-2-8-17-13/h1-10H,11H2,(H,19,20). The van der Waals surface area contributed by atoms with Crippen LogP contribution in [-0.4, -0.2) is 15.9 Å². The first-order valence-electron chi connectivity index (χ1n) is 6.51.